The van der Waals surface area contributed by atoms with Gasteiger partial charge in [-0.3, -0.25) is 0 Å². The fourth-order valence-electron chi connectivity index (χ4n) is 0. The minimum absolute atomic E-state index is 0. The molecule has 0 fully saturated rings. The van der Waals surface area contributed by atoms with Crippen molar-refractivity contribution < 1.29 is 71.2 Å². The molecule has 58 valence electrons. The molecule has 0 aromatic rings. The predicted molar refractivity (Wildman–Crippen MR) is 20.6 cm³/mol. The third kappa shape index (κ3) is 50.4. The molecule has 0 amide bonds. The van der Waals surface area contributed by atoms with Crippen LogP contribution in [0.4, 0.5) is 8.63 Å². The van der Waals surface area contributed by atoms with Crippen LogP contribution in [0.1, 0.15) is 0 Å². The maximum atomic E-state index is 9.78. The molecule has 0 saturated carbocycles. The summed E-state index contributed by atoms with van der Waals surface area (Å²) in [5, 5.41) is 24.5. The van der Waals surface area contributed by atoms with Gasteiger partial charge in [0.25, 0.3) is 0 Å². The van der Waals surface area contributed by atoms with Crippen LogP contribution in [0.2, 0.25) is 0 Å². The van der Waals surface area contributed by atoms with E-state index in [0.717, 1.165) is 0 Å². The molecule has 0 aliphatic heterocycles. The first-order valence-corrected chi connectivity index (χ1v) is 1.76. The van der Waals surface area contributed by atoms with Crippen molar-refractivity contribution in [1.29, 1.82) is 0 Å². The Morgan fingerprint density at radius 3 is 1.33 bits per heavy atom. The van der Waals surface area contributed by atoms with Gasteiger partial charge in [0.05, 0.1) is 0 Å². The van der Waals surface area contributed by atoms with Crippen LogP contribution in [0.3, 0.4) is 0 Å². The van der Waals surface area contributed by atoms with Crippen molar-refractivity contribution in [1.82, 2.24) is 0 Å². The number of carbonyl (C=O) groups excluding carboxylic acids is 1. The minimum Gasteiger partial charge on any atom is -0.824 e. The van der Waals surface area contributed by atoms with Crippen molar-refractivity contribution >= 4 is 19.4 Å². The van der Waals surface area contributed by atoms with Crippen molar-refractivity contribution in [2.24, 2.45) is 0 Å². The zero-order valence-electron chi connectivity index (χ0n) is 6.41. The monoisotopic (exact) mass is 168 g/mol. The summed E-state index contributed by atoms with van der Waals surface area (Å²) in [4.78, 5) is 18.0. The summed E-state index contributed by atoms with van der Waals surface area (Å²) in [6, 6.07) is 0. The third-order valence-corrected chi connectivity index (χ3v) is 0.175. The van der Waals surface area contributed by atoms with E-state index < -0.39 is 19.4 Å². The van der Waals surface area contributed by atoms with Gasteiger partial charge in [-0.1, -0.05) is 0 Å². The summed E-state index contributed by atoms with van der Waals surface area (Å²) in [7, 11) is -3.42. The molecule has 10 heteroatoms. The van der Waals surface area contributed by atoms with Crippen LogP contribution in [-0.4, -0.2) is 24.5 Å². The Labute approximate surface area is 90.7 Å². The first-order valence-electron chi connectivity index (χ1n) is 1.76. The van der Waals surface area contributed by atoms with E-state index in [1.807, 2.05) is 0 Å². The maximum absolute atomic E-state index is 9.78. The average Bonchev–Trinajstić information content (AvgIpc) is 1.63. The van der Waals surface area contributed by atoms with E-state index >= 15 is 0 Å². The van der Waals surface area contributed by atoms with Gasteiger partial charge in [0.2, 0.25) is 0 Å². The van der Waals surface area contributed by atoms with Gasteiger partial charge in [0, 0.05) is 0 Å². The maximum Gasteiger partial charge on any atom is 1.00 e. The van der Waals surface area contributed by atoms with E-state index in [0.29, 0.717) is 0 Å². The van der Waals surface area contributed by atoms with E-state index in [2.05, 4.69) is 0 Å². The smallest absolute Gasteiger partial charge is 0.824 e. The second kappa shape index (κ2) is 13.6. The van der Waals surface area contributed by atoms with Gasteiger partial charge in [0.15, 0.2) is 5.97 Å². The molecule has 0 heterocycles. The minimum atomic E-state index is -3.42. The summed E-state index contributed by atoms with van der Waals surface area (Å²) in [5.74, 6) is -4.01. The molecule has 0 aromatic carbocycles. The Balaban J connectivity index is -0.0000000483. The Hall–Kier alpha value is 0.0197. The average molecular weight is 168 g/mol. The molecule has 12 heavy (non-hydrogen) atoms. The molecule has 0 aliphatic rings. The quantitative estimate of drug-likeness (QED) is 0.285. The Kier molecular flexibility index (Phi) is 25.7. The molecule has 0 spiro atoms. The van der Waals surface area contributed by atoms with E-state index in [9.17, 15) is 8.63 Å². The zero-order valence-corrected chi connectivity index (χ0v) is 6.41. The number of carbonyl (C=O) groups is 2. The third-order valence-electron chi connectivity index (χ3n) is 0.175. The van der Waals surface area contributed by atoms with Gasteiger partial charge in [-0.15, -0.1) is 0 Å². The van der Waals surface area contributed by atoms with Crippen LogP contribution < -0.4 is 47.9 Å². The summed E-state index contributed by atoms with van der Waals surface area (Å²) >= 11 is 0. The predicted octanol–water partition coefficient (Wildman–Crippen LogP) is -8.90. The summed E-state index contributed by atoms with van der Waals surface area (Å²) in [5.41, 5.74) is 0. The number of hydrogen-bond acceptors (Lipinski definition) is 4. The van der Waals surface area contributed by atoms with Crippen molar-refractivity contribution in [2.75, 3.05) is 0 Å². The second-order valence-electron chi connectivity index (χ2n) is 0.853. The van der Waals surface area contributed by atoms with E-state index in [-0.39, 0.29) is 37.7 Å². The van der Waals surface area contributed by atoms with Crippen molar-refractivity contribution in [3.63, 3.8) is 0 Å². The molecule has 5 nitrogen and oxygen atoms in total. The fraction of sp³-hybridized carbons (Fsp3) is 0. The number of halogens is 2. The van der Waals surface area contributed by atoms with Gasteiger partial charge in [-0.25, -0.2) is 4.79 Å². The molecule has 0 radical (unpaired) electrons. The second-order valence-corrected chi connectivity index (χ2v) is 0.853. The van der Waals surface area contributed by atoms with Gasteiger partial charge in [0.1, 0.15) is 0 Å². The van der Waals surface area contributed by atoms with Crippen LogP contribution in [0.15, 0.2) is 0 Å². The summed E-state index contributed by atoms with van der Waals surface area (Å²) < 4.78 is 19.6. The van der Waals surface area contributed by atoms with Crippen LogP contribution in [-0.2, 0) is 9.59 Å². The molecule has 0 aliphatic carbocycles. The van der Waals surface area contributed by atoms with Crippen LogP contribution >= 0.6 is 0 Å². The summed E-state index contributed by atoms with van der Waals surface area (Å²) in [6.45, 7) is 0. The number of aliphatic carboxylic acids is 2. The number of carboxylic acid groups (broad SMARTS) is 2. The molecule has 0 saturated heterocycles. The normalized spacial score (nSPS) is 5.92. The topological polar surface area (TPSA) is 100 Å². The molecule has 0 rings (SSSR count). The SMILES string of the molecule is O=C([O-])C(=O)O.[Li+].[Li+].[O-]B(F)F. The number of carboxylic acids is 2. The first-order chi connectivity index (χ1) is 4.37. The molecular weight excluding hydrogens is 167 g/mol. The Morgan fingerprint density at radius 2 is 1.33 bits per heavy atom. The van der Waals surface area contributed by atoms with E-state index in [1.54, 1.807) is 0 Å². The summed E-state index contributed by atoms with van der Waals surface area (Å²) in [6.07, 6.45) is 0. The molecule has 1 N–H and O–H groups in total. The van der Waals surface area contributed by atoms with Crippen molar-refractivity contribution in [2.45, 2.75) is 0 Å². The molecule has 0 unspecified atom stereocenters. The van der Waals surface area contributed by atoms with E-state index in [4.69, 9.17) is 24.8 Å². The van der Waals surface area contributed by atoms with Crippen molar-refractivity contribution in [3.8, 4) is 0 Å². The van der Waals surface area contributed by atoms with Crippen molar-refractivity contribution in [3.05, 3.63) is 0 Å². The molecule has 0 atom stereocenters. The van der Waals surface area contributed by atoms with Gasteiger partial charge in [-0.05, 0) is 0 Å². The first kappa shape index (κ1) is 22.7. The Morgan fingerprint density at radius 1 is 1.25 bits per heavy atom. The molecule has 0 bridgehead atoms. The number of hydrogen-bond donors (Lipinski definition) is 1. The Bertz CT molecular complexity index is 118. The zero-order chi connectivity index (χ0) is 8.73. The largest absolute Gasteiger partial charge is 1.00 e. The standard InChI is InChI=1S/C2H2O4.BF2O.2Li/c3-1(4)2(5)6;2-1(3)4;;/h(H,3,4)(H,5,6);;;/q;-1;2*+1/p-1. The number of rotatable bonds is 0. The van der Waals surface area contributed by atoms with Gasteiger partial charge < -0.3 is 28.7 Å². The fourth-order valence-corrected chi connectivity index (χ4v) is 0. The van der Waals surface area contributed by atoms with Crippen LogP contribution in [0.25, 0.3) is 0 Å². The van der Waals surface area contributed by atoms with Gasteiger partial charge in [-0.2, -0.15) is 0 Å². The van der Waals surface area contributed by atoms with Gasteiger partial charge >= 0.3 is 51.2 Å². The van der Waals surface area contributed by atoms with E-state index in [1.165, 1.54) is 0 Å². The van der Waals surface area contributed by atoms with Crippen LogP contribution in [0, 0.1) is 0 Å². The van der Waals surface area contributed by atoms with Crippen LogP contribution in [0.5, 0.6) is 0 Å². The molecule has 0 aromatic heterocycles. The molecular formula is C2HBF2Li2O5.